The monoisotopic (exact) mass is 410 g/mol. The standard InChI is InChI=1S/C23H34N6O/c1-23(2,3)16-7-5-8-17(13-16)27-14-20(30)28-18-9-6-12-29(15-18)21(24)19-10-11-26-22(19)25-4/h5,7-8,10-11,13,18,24-27H,6,9,12,14-15H2,1-4H3,(H,28,30). The Morgan fingerprint density at radius 3 is 2.83 bits per heavy atom. The van der Waals surface area contributed by atoms with E-state index in [2.05, 4.69) is 53.8 Å². The van der Waals surface area contributed by atoms with Crippen molar-refractivity contribution in [3.05, 3.63) is 47.7 Å². The second-order valence-corrected chi connectivity index (χ2v) is 8.90. The number of hydrogen-bond acceptors (Lipinski definition) is 4. The van der Waals surface area contributed by atoms with Crippen LogP contribution in [0.3, 0.4) is 0 Å². The van der Waals surface area contributed by atoms with Gasteiger partial charge in [0.1, 0.15) is 11.7 Å². The van der Waals surface area contributed by atoms with E-state index in [0.29, 0.717) is 12.4 Å². The predicted octanol–water partition coefficient (Wildman–Crippen LogP) is 3.37. The molecule has 1 aromatic carbocycles. The summed E-state index contributed by atoms with van der Waals surface area (Å²) in [5, 5.41) is 18.0. The van der Waals surface area contributed by atoms with Crippen molar-refractivity contribution in [3.63, 3.8) is 0 Å². The largest absolute Gasteiger partial charge is 0.376 e. The van der Waals surface area contributed by atoms with Crippen LogP contribution in [0.1, 0.15) is 44.7 Å². The second kappa shape index (κ2) is 9.24. The van der Waals surface area contributed by atoms with Gasteiger partial charge in [0.05, 0.1) is 12.1 Å². The predicted molar refractivity (Wildman–Crippen MR) is 124 cm³/mol. The van der Waals surface area contributed by atoms with Crippen LogP contribution in [0.15, 0.2) is 36.5 Å². The Balaban J connectivity index is 1.52. The third kappa shape index (κ3) is 5.34. The molecule has 7 heteroatoms. The van der Waals surface area contributed by atoms with Crippen LogP contribution in [-0.2, 0) is 10.2 Å². The number of anilines is 2. The number of H-pyrrole nitrogens is 1. The van der Waals surface area contributed by atoms with Gasteiger partial charge in [-0.2, -0.15) is 0 Å². The SMILES string of the molecule is CNc1[nH]ccc1C(=N)N1CCCC(NC(=O)CNc2cccc(C(C)(C)C)c2)C1. The van der Waals surface area contributed by atoms with E-state index in [0.717, 1.165) is 36.5 Å². The van der Waals surface area contributed by atoms with Crippen molar-refractivity contribution in [3.8, 4) is 0 Å². The van der Waals surface area contributed by atoms with Crippen molar-refractivity contribution < 1.29 is 4.79 Å². The minimum absolute atomic E-state index is 0.0212. The summed E-state index contributed by atoms with van der Waals surface area (Å²) < 4.78 is 0. The van der Waals surface area contributed by atoms with Crippen LogP contribution in [0.25, 0.3) is 0 Å². The molecule has 1 amide bonds. The smallest absolute Gasteiger partial charge is 0.239 e. The number of aromatic amines is 1. The van der Waals surface area contributed by atoms with E-state index >= 15 is 0 Å². The number of amidine groups is 1. The number of piperidine rings is 1. The zero-order chi connectivity index (χ0) is 21.7. The highest BCUT2D eigenvalue weighted by molar-refractivity contribution is 6.01. The van der Waals surface area contributed by atoms with Crippen LogP contribution in [0.4, 0.5) is 11.5 Å². The molecule has 0 radical (unpaired) electrons. The molecule has 5 N–H and O–H groups in total. The molecule has 30 heavy (non-hydrogen) atoms. The van der Waals surface area contributed by atoms with Crippen molar-refractivity contribution in [1.82, 2.24) is 15.2 Å². The number of likely N-dealkylation sites (tertiary alicyclic amines) is 1. The van der Waals surface area contributed by atoms with Gasteiger partial charge in [0.25, 0.3) is 0 Å². The summed E-state index contributed by atoms with van der Waals surface area (Å²) in [5.41, 5.74) is 3.12. The lowest BCUT2D eigenvalue weighted by atomic mass is 9.87. The van der Waals surface area contributed by atoms with E-state index in [4.69, 9.17) is 5.41 Å². The van der Waals surface area contributed by atoms with Crippen molar-refractivity contribution in [1.29, 1.82) is 5.41 Å². The molecule has 2 aromatic rings. The van der Waals surface area contributed by atoms with Gasteiger partial charge in [-0.3, -0.25) is 10.2 Å². The van der Waals surface area contributed by atoms with Gasteiger partial charge in [-0.1, -0.05) is 32.9 Å². The zero-order valence-electron chi connectivity index (χ0n) is 18.4. The zero-order valence-corrected chi connectivity index (χ0v) is 18.4. The van der Waals surface area contributed by atoms with E-state index in [1.807, 2.05) is 36.3 Å². The van der Waals surface area contributed by atoms with Crippen molar-refractivity contribution in [2.75, 3.05) is 37.3 Å². The van der Waals surface area contributed by atoms with Crippen LogP contribution in [0.2, 0.25) is 0 Å². The molecular weight excluding hydrogens is 376 g/mol. The first kappa shape index (κ1) is 21.7. The third-order valence-corrected chi connectivity index (χ3v) is 5.54. The number of aromatic nitrogens is 1. The average Bonchev–Trinajstić information content (AvgIpc) is 3.20. The quantitative estimate of drug-likeness (QED) is 0.373. The number of carbonyl (C=O) groups is 1. The maximum Gasteiger partial charge on any atom is 0.239 e. The van der Waals surface area contributed by atoms with E-state index in [1.54, 1.807) is 0 Å². The molecule has 3 rings (SSSR count). The minimum atomic E-state index is -0.0212. The molecule has 7 nitrogen and oxygen atoms in total. The van der Waals surface area contributed by atoms with Crippen LogP contribution in [-0.4, -0.2) is 54.4 Å². The summed E-state index contributed by atoms with van der Waals surface area (Å²) in [6.45, 7) is 8.26. The number of benzene rings is 1. The van der Waals surface area contributed by atoms with Gasteiger partial charge < -0.3 is 25.8 Å². The van der Waals surface area contributed by atoms with Gasteiger partial charge in [-0.05, 0) is 42.0 Å². The molecule has 1 fully saturated rings. The molecule has 1 aliphatic heterocycles. The molecule has 1 saturated heterocycles. The molecule has 1 aliphatic rings. The Morgan fingerprint density at radius 2 is 2.10 bits per heavy atom. The van der Waals surface area contributed by atoms with E-state index in [1.165, 1.54) is 5.56 Å². The number of carbonyl (C=O) groups excluding carboxylic acids is 1. The average molecular weight is 411 g/mol. The Morgan fingerprint density at radius 1 is 1.30 bits per heavy atom. The summed E-state index contributed by atoms with van der Waals surface area (Å²) in [6.07, 6.45) is 3.72. The lowest BCUT2D eigenvalue weighted by Gasteiger charge is -2.35. The highest BCUT2D eigenvalue weighted by Crippen LogP contribution is 2.24. The molecular formula is C23H34N6O. The Kier molecular flexibility index (Phi) is 6.70. The van der Waals surface area contributed by atoms with Crippen LogP contribution in [0, 0.1) is 5.41 Å². The fourth-order valence-electron chi connectivity index (χ4n) is 3.80. The molecule has 1 aromatic heterocycles. The summed E-state index contributed by atoms with van der Waals surface area (Å²) in [5.74, 6) is 1.30. The molecule has 0 spiro atoms. The van der Waals surface area contributed by atoms with Crippen LogP contribution < -0.4 is 16.0 Å². The summed E-state index contributed by atoms with van der Waals surface area (Å²) in [4.78, 5) is 17.7. The van der Waals surface area contributed by atoms with Crippen LogP contribution in [0.5, 0.6) is 0 Å². The molecule has 1 atom stereocenters. The highest BCUT2D eigenvalue weighted by Gasteiger charge is 2.25. The van der Waals surface area contributed by atoms with Gasteiger partial charge in [-0.15, -0.1) is 0 Å². The second-order valence-electron chi connectivity index (χ2n) is 8.90. The normalized spacial score (nSPS) is 16.8. The third-order valence-electron chi connectivity index (χ3n) is 5.54. The first-order valence-electron chi connectivity index (χ1n) is 10.6. The van der Waals surface area contributed by atoms with Crippen LogP contribution >= 0.6 is 0 Å². The first-order valence-corrected chi connectivity index (χ1v) is 10.6. The lowest BCUT2D eigenvalue weighted by Crippen LogP contribution is -2.50. The van der Waals surface area contributed by atoms with Gasteiger partial charge >= 0.3 is 0 Å². The summed E-state index contributed by atoms with van der Waals surface area (Å²) >= 11 is 0. The van der Waals surface area contributed by atoms with Gasteiger partial charge in [0.2, 0.25) is 5.91 Å². The first-order chi connectivity index (χ1) is 14.3. The fraction of sp³-hybridized carbons (Fsp3) is 0.478. The van der Waals surface area contributed by atoms with E-state index in [9.17, 15) is 4.79 Å². The van der Waals surface area contributed by atoms with Crippen molar-refractivity contribution in [2.45, 2.75) is 45.1 Å². The molecule has 0 bridgehead atoms. The van der Waals surface area contributed by atoms with Gasteiger partial charge in [0.15, 0.2) is 0 Å². The molecule has 0 aliphatic carbocycles. The number of nitrogens with zero attached hydrogens (tertiary/aromatic N) is 1. The number of hydrogen-bond donors (Lipinski definition) is 5. The van der Waals surface area contributed by atoms with E-state index < -0.39 is 0 Å². The Labute approximate surface area is 179 Å². The van der Waals surface area contributed by atoms with E-state index in [-0.39, 0.29) is 23.9 Å². The number of rotatable bonds is 6. The molecule has 1 unspecified atom stereocenters. The van der Waals surface area contributed by atoms with Gasteiger partial charge in [0, 0.05) is 38.1 Å². The summed E-state index contributed by atoms with van der Waals surface area (Å²) in [6, 6.07) is 10.2. The summed E-state index contributed by atoms with van der Waals surface area (Å²) in [7, 11) is 1.84. The fourth-order valence-corrected chi connectivity index (χ4v) is 3.80. The molecule has 2 heterocycles. The molecule has 0 saturated carbocycles. The maximum absolute atomic E-state index is 12.5. The number of amides is 1. The Bertz CT molecular complexity index is 882. The lowest BCUT2D eigenvalue weighted by molar-refractivity contribution is -0.120. The highest BCUT2D eigenvalue weighted by atomic mass is 16.2. The number of nitrogens with one attached hydrogen (secondary N) is 5. The molecule has 162 valence electrons. The van der Waals surface area contributed by atoms with Crippen molar-refractivity contribution >= 4 is 23.2 Å². The Hall–Kier alpha value is -2.96. The minimum Gasteiger partial charge on any atom is -0.376 e. The maximum atomic E-state index is 12.5. The topological polar surface area (TPSA) is 96.0 Å². The van der Waals surface area contributed by atoms with Gasteiger partial charge in [-0.25, -0.2) is 0 Å². The van der Waals surface area contributed by atoms with Crippen molar-refractivity contribution in [2.24, 2.45) is 0 Å².